The summed E-state index contributed by atoms with van der Waals surface area (Å²) >= 11 is 3.46. The highest BCUT2D eigenvalue weighted by molar-refractivity contribution is 9.10. The summed E-state index contributed by atoms with van der Waals surface area (Å²) in [6, 6.07) is 13.0. The lowest BCUT2D eigenvalue weighted by Crippen LogP contribution is -2.40. The molecule has 0 saturated carbocycles. The first kappa shape index (κ1) is 24.1. The van der Waals surface area contributed by atoms with Crippen molar-refractivity contribution >= 4 is 33.5 Å². The molecule has 1 amide bonds. The van der Waals surface area contributed by atoms with Crippen LogP contribution >= 0.6 is 15.9 Å². The molecule has 1 saturated heterocycles. The molecule has 0 aliphatic carbocycles. The third-order valence-electron chi connectivity index (χ3n) is 5.87. The third-order valence-corrected chi connectivity index (χ3v) is 6.37. The molecular weight excluding hydrogens is 500 g/mol. The zero-order chi connectivity index (χ0) is 24.1. The lowest BCUT2D eigenvalue weighted by Gasteiger charge is -2.31. The van der Waals surface area contributed by atoms with Crippen molar-refractivity contribution in [2.24, 2.45) is 5.92 Å². The quantitative estimate of drug-likeness (QED) is 0.440. The first-order valence-corrected chi connectivity index (χ1v) is 12.1. The molecular formula is C25H27BrN4O4. The highest BCUT2D eigenvalue weighted by Crippen LogP contribution is 2.25. The normalized spacial score (nSPS) is 16.3. The number of hydrogen-bond acceptors (Lipinski definition) is 7. The van der Waals surface area contributed by atoms with E-state index in [0.717, 1.165) is 29.4 Å². The molecule has 1 N–H and O–H groups in total. The smallest absolute Gasteiger partial charge is 0.338 e. The van der Waals surface area contributed by atoms with E-state index in [0.29, 0.717) is 48.2 Å². The molecule has 1 aliphatic rings. The molecule has 2 aromatic carbocycles. The van der Waals surface area contributed by atoms with Gasteiger partial charge in [-0.3, -0.25) is 9.69 Å². The van der Waals surface area contributed by atoms with Crippen molar-refractivity contribution in [2.45, 2.75) is 33.2 Å². The summed E-state index contributed by atoms with van der Waals surface area (Å²) in [5, 5.41) is 7.10. The fraction of sp³-hybridized carbons (Fsp3) is 0.360. The topological polar surface area (TPSA) is 97.6 Å². The maximum absolute atomic E-state index is 13.0. The van der Waals surface area contributed by atoms with Gasteiger partial charge in [0.05, 0.1) is 24.6 Å². The highest BCUT2D eigenvalue weighted by Gasteiger charge is 2.27. The van der Waals surface area contributed by atoms with Crippen LogP contribution in [0, 0.1) is 12.8 Å². The molecule has 1 aromatic heterocycles. The van der Waals surface area contributed by atoms with E-state index >= 15 is 0 Å². The van der Waals surface area contributed by atoms with E-state index in [9.17, 15) is 9.59 Å². The number of rotatable bonds is 7. The van der Waals surface area contributed by atoms with Crippen LogP contribution in [0.1, 0.15) is 41.6 Å². The highest BCUT2D eigenvalue weighted by atomic mass is 79.9. The Morgan fingerprint density at radius 3 is 2.88 bits per heavy atom. The van der Waals surface area contributed by atoms with E-state index in [4.69, 9.17) is 9.26 Å². The number of nitrogens with one attached hydrogen (secondary N) is 1. The Balaban J connectivity index is 1.38. The van der Waals surface area contributed by atoms with Gasteiger partial charge in [-0.1, -0.05) is 39.3 Å². The monoisotopic (exact) mass is 526 g/mol. The molecule has 1 unspecified atom stereocenters. The average Bonchev–Trinajstić information content (AvgIpc) is 3.29. The number of piperidine rings is 1. The second-order valence-electron chi connectivity index (χ2n) is 8.28. The number of likely N-dealkylation sites (tertiary alicyclic amines) is 1. The minimum Gasteiger partial charge on any atom is -0.462 e. The van der Waals surface area contributed by atoms with Gasteiger partial charge in [-0.25, -0.2) is 4.79 Å². The summed E-state index contributed by atoms with van der Waals surface area (Å²) < 4.78 is 11.5. The number of benzene rings is 2. The van der Waals surface area contributed by atoms with Gasteiger partial charge in [0.2, 0.25) is 17.6 Å². The van der Waals surface area contributed by atoms with Gasteiger partial charge >= 0.3 is 5.97 Å². The molecule has 0 spiro atoms. The summed E-state index contributed by atoms with van der Waals surface area (Å²) in [5.41, 5.74) is 2.67. The largest absolute Gasteiger partial charge is 0.462 e. The van der Waals surface area contributed by atoms with Crippen molar-refractivity contribution in [3.63, 3.8) is 0 Å². The van der Waals surface area contributed by atoms with Gasteiger partial charge < -0.3 is 14.6 Å². The van der Waals surface area contributed by atoms with Crippen molar-refractivity contribution < 1.29 is 18.8 Å². The van der Waals surface area contributed by atoms with Crippen LogP contribution in [-0.2, 0) is 16.1 Å². The van der Waals surface area contributed by atoms with Crippen LogP contribution in [0.3, 0.4) is 0 Å². The number of nitrogens with zero attached hydrogens (tertiary/aromatic N) is 3. The van der Waals surface area contributed by atoms with E-state index < -0.39 is 0 Å². The average molecular weight is 527 g/mol. The van der Waals surface area contributed by atoms with Crippen LogP contribution in [-0.4, -0.2) is 46.6 Å². The van der Waals surface area contributed by atoms with Crippen LogP contribution in [0.2, 0.25) is 0 Å². The number of halogens is 1. The standard InChI is InChI=1S/C25H27BrN4O4/c1-3-33-25(32)20-10-5-11-21(16(20)2)27-24(31)18-8-6-12-30(14-18)15-22-28-23(29-34-22)17-7-4-9-19(26)13-17/h4-5,7,9-11,13,18H,3,6,8,12,14-15H2,1-2H3,(H,27,31). The Kier molecular flexibility index (Phi) is 7.74. The van der Waals surface area contributed by atoms with Gasteiger partial charge in [-0.2, -0.15) is 4.98 Å². The van der Waals surface area contributed by atoms with Gasteiger partial charge in [0.25, 0.3) is 0 Å². The SMILES string of the molecule is CCOC(=O)c1cccc(NC(=O)C2CCCN(Cc3nc(-c4cccc(Br)c4)no3)C2)c1C. The van der Waals surface area contributed by atoms with Crippen molar-refractivity contribution in [2.75, 3.05) is 25.0 Å². The van der Waals surface area contributed by atoms with E-state index in [1.807, 2.05) is 31.2 Å². The molecule has 34 heavy (non-hydrogen) atoms. The molecule has 1 fully saturated rings. The molecule has 1 aliphatic heterocycles. The molecule has 3 aromatic rings. The summed E-state index contributed by atoms with van der Waals surface area (Å²) in [4.78, 5) is 31.9. The fourth-order valence-electron chi connectivity index (χ4n) is 4.10. The number of ether oxygens (including phenoxy) is 1. The van der Waals surface area contributed by atoms with E-state index in [1.54, 1.807) is 25.1 Å². The minimum atomic E-state index is -0.387. The summed E-state index contributed by atoms with van der Waals surface area (Å²) in [5.74, 6) is 0.441. The van der Waals surface area contributed by atoms with Crippen LogP contribution in [0.4, 0.5) is 5.69 Å². The Morgan fingerprint density at radius 1 is 1.26 bits per heavy atom. The molecule has 178 valence electrons. The van der Waals surface area contributed by atoms with Gasteiger partial charge in [0.15, 0.2) is 0 Å². The van der Waals surface area contributed by atoms with Crippen molar-refractivity contribution in [1.29, 1.82) is 0 Å². The van der Waals surface area contributed by atoms with Crippen molar-refractivity contribution in [1.82, 2.24) is 15.0 Å². The zero-order valence-corrected chi connectivity index (χ0v) is 20.8. The number of amides is 1. The summed E-state index contributed by atoms with van der Waals surface area (Å²) in [7, 11) is 0. The molecule has 2 heterocycles. The predicted molar refractivity (Wildman–Crippen MR) is 131 cm³/mol. The number of hydrogen-bond donors (Lipinski definition) is 1. The minimum absolute atomic E-state index is 0.0610. The van der Waals surface area contributed by atoms with Crippen LogP contribution in [0.15, 0.2) is 51.5 Å². The predicted octanol–water partition coefficient (Wildman–Crippen LogP) is 4.83. The second-order valence-corrected chi connectivity index (χ2v) is 9.20. The van der Waals surface area contributed by atoms with Crippen LogP contribution < -0.4 is 5.32 Å². The van der Waals surface area contributed by atoms with Gasteiger partial charge in [0, 0.05) is 22.3 Å². The van der Waals surface area contributed by atoms with Crippen molar-refractivity contribution in [3.05, 3.63) is 64.0 Å². The molecule has 1 atom stereocenters. The second kappa shape index (κ2) is 10.9. The number of carbonyl (C=O) groups is 2. The van der Waals surface area contributed by atoms with E-state index in [1.165, 1.54) is 0 Å². The maximum atomic E-state index is 13.0. The molecule has 0 radical (unpaired) electrons. The molecule has 9 heteroatoms. The third kappa shape index (κ3) is 5.71. The number of aromatic nitrogens is 2. The van der Waals surface area contributed by atoms with Crippen LogP contribution in [0.5, 0.6) is 0 Å². The molecule has 4 rings (SSSR count). The first-order valence-electron chi connectivity index (χ1n) is 11.3. The Bertz CT molecular complexity index is 1180. The summed E-state index contributed by atoms with van der Waals surface area (Å²) in [6.45, 7) is 5.82. The maximum Gasteiger partial charge on any atom is 0.338 e. The van der Waals surface area contributed by atoms with Gasteiger partial charge in [-0.05, 0) is 63.1 Å². The first-order chi connectivity index (χ1) is 16.4. The van der Waals surface area contributed by atoms with E-state index in [-0.39, 0.29) is 17.8 Å². The fourth-order valence-corrected chi connectivity index (χ4v) is 4.50. The number of esters is 1. The van der Waals surface area contributed by atoms with Gasteiger partial charge in [0.1, 0.15) is 0 Å². The van der Waals surface area contributed by atoms with Crippen LogP contribution in [0.25, 0.3) is 11.4 Å². The Morgan fingerprint density at radius 2 is 2.09 bits per heavy atom. The lowest BCUT2D eigenvalue weighted by molar-refractivity contribution is -0.121. The number of anilines is 1. The number of carbonyl (C=O) groups excluding carboxylic acids is 2. The summed E-state index contributed by atoms with van der Waals surface area (Å²) in [6.07, 6.45) is 1.69. The Labute approximate surface area is 206 Å². The molecule has 8 nitrogen and oxygen atoms in total. The molecule has 0 bridgehead atoms. The van der Waals surface area contributed by atoms with E-state index in [2.05, 4.69) is 36.3 Å². The zero-order valence-electron chi connectivity index (χ0n) is 19.2. The van der Waals surface area contributed by atoms with Gasteiger partial charge in [-0.15, -0.1) is 0 Å². The Hall–Kier alpha value is -3.04. The van der Waals surface area contributed by atoms with Crippen molar-refractivity contribution in [3.8, 4) is 11.4 Å². The lowest BCUT2D eigenvalue weighted by atomic mass is 9.96.